The Morgan fingerprint density at radius 1 is 1.11 bits per heavy atom. The van der Waals surface area contributed by atoms with Crippen LogP contribution in [0.15, 0.2) is 30.3 Å². The molecule has 0 bridgehead atoms. The van der Waals surface area contributed by atoms with Crippen LogP contribution in [0.3, 0.4) is 0 Å². The van der Waals surface area contributed by atoms with E-state index in [-0.39, 0.29) is 18.7 Å². The molecule has 0 aliphatic carbocycles. The standard InChI is InChI=1S/C13H18N2O3/c14-12(16)8-10-15(9-4-7-13(17)18)11-5-2-1-3-6-11/h1-3,5-6H,4,7-10H2,(H2,14,16)(H,17,18). The maximum absolute atomic E-state index is 10.8. The second kappa shape index (κ2) is 7.32. The van der Waals surface area contributed by atoms with Gasteiger partial charge < -0.3 is 15.7 Å². The number of hydrogen-bond acceptors (Lipinski definition) is 3. The van der Waals surface area contributed by atoms with Gasteiger partial charge >= 0.3 is 5.97 Å². The molecule has 1 amide bonds. The zero-order chi connectivity index (χ0) is 13.4. The van der Waals surface area contributed by atoms with Crippen LogP contribution in [-0.4, -0.2) is 30.1 Å². The van der Waals surface area contributed by atoms with Gasteiger partial charge in [0.1, 0.15) is 0 Å². The molecule has 0 saturated carbocycles. The van der Waals surface area contributed by atoms with E-state index in [4.69, 9.17) is 10.8 Å². The van der Waals surface area contributed by atoms with E-state index in [0.29, 0.717) is 19.5 Å². The number of aliphatic carboxylic acids is 1. The highest BCUT2D eigenvalue weighted by atomic mass is 16.4. The Kier molecular flexibility index (Phi) is 5.70. The molecule has 0 radical (unpaired) electrons. The minimum absolute atomic E-state index is 0.125. The highest BCUT2D eigenvalue weighted by Crippen LogP contribution is 2.14. The van der Waals surface area contributed by atoms with Crippen molar-refractivity contribution >= 4 is 17.6 Å². The number of benzene rings is 1. The van der Waals surface area contributed by atoms with Crippen LogP contribution in [0.1, 0.15) is 19.3 Å². The van der Waals surface area contributed by atoms with Crippen molar-refractivity contribution in [2.45, 2.75) is 19.3 Å². The number of carboxylic acid groups (broad SMARTS) is 1. The topological polar surface area (TPSA) is 83.6 Å². The summed E-state index contributed by atoms with van der Waals surface area (Å²) >= 11 is 0. The van der Waals surface area contributed by atoms with Gasteiger partial charge in [-0.3, -0.25) is 9.59 Å². The first kappa shape index (κ1) is 14.0. The second-order valence-corrected chi connectivity index (χ2v) is 4.04. The summed E-state index contributed by atoms with van der Waals surface area (Å²) in [7, 11) is 0. The van der Waals surface area contributed by atoms with Gasteiger partial charge in [-0.25, -0.2) is 0 Å². The normalized spacial score (nSPS) is 10.0. The first-order valence-corrected chi connectivity index (χ1v) is 5.89. The van der Waals surface area contributed by atoms with Crippen molar-refractivity contribution in [3.05, 3.63) is 30.3 Å². The van der Waals surface area contributed by atoms with Crippen LogP contribution in [0.4, 0.5) is 5.69 Å². The Hall–Kier alpha value is -2.04. The van der Waals surface area contributed by atoms with Crippen molar-refractivity contribution in [2.75, 3.05) is 18.0 Å². The molecule has 18 heavy (non-hydrogen) atoms. The lowest BCUT2D eigenvalue weighted by atomic mass is 10.2. The van der Waals surface area contributed by atoms with Crippen LogP contribution in [0.25, 0.3) is 0 Å². The molecular weight excluding hydrogens is 232 g/mol. The van der Waals surface area contributed by atoms with Crippen LogP contribution in [0, 0.1) is 0 Å². The minimum atomic E-state index is -0.807. The van der Waals surface area contributed by atoms with E-state index < -0.39 is 5.97 Å². The average molecular weight is 250 g/mol. The van der Waals surface area contributed by atoms with Crippen LogP contribution in [0.2, 0.25) is 0 Å². The summed E-state index contributed by atoms with van der Waals surface area (Å²) in [5, 5.41) is 8.62. The van der Waals surface area contributed by atoms with Gasteiger partial charge in [0.2, 0.25) is 5.91 Å². The molecule has 0 atom stereocenters. The molecule has 5 nitrogen and oxygen atoms in total. The number of anilines is 1. The molecule has 5 heteroatoms. The van der Waals surface area contributed by atoms with E-state index in [1.54, 1.807) is 0 Å². The molecule has 0 unspecified atom stereocenters. The monoisotopic (exact) mass is 250 g/mol. The van der Waals surface area contributed by atoms with Crippen molar-refractivity contribution in [3.8, 4) is 0 Å². The highest BCUT2D eigenvalue weighted by Gasteiger charge is 2.08. The number of nitrogens with two attached hydrogens (primary N) is 1. The highest BCUT2D eigenvalue weighted by molar-refractivity contribution is 5.74. The fourth-order valence-electron chi connectivity index (χ4n) is 1.68. The summed E-state index contributed by atoms with van der Waals surface area (Å²) < 4.78 is 0. The first-order chi connectivity index (χ1) is 8.59. The van der Waals surface area contributed by atoms with Gasteiger partial charge in [0.15, 0.2) is 0 Å². The van der Waals surface area contributed by atoms with Gasteiger partial charge in [-0.15, -0.1) is 0 Å². The molecular formula is C13H18N2O3. The quantitative estimate of drug-likeness (QED) is 0.727. The summed E-state index contributed by atoms with van der Waals surface area (Å²) in [5.74, 6) is -1.16. The molecule has 0 spiro atoms. The predicted molar refractivity (Wildman–Crippen MR) is 69.3 cm³/mol. The number of carbonyl (C=O) groups excluding carboxylic acids is 1. The molecule has 0 heterocycles. The fourth-order valence-corrected chi connectivity index (χ4v) is 1.68. The fraction of sp³-hybridized carbons (Fsp3) is 0.385. The van der Waals surface area contributed by atoms with Crippen molar-refractivity contribution in [1.82, 2.24) is 0 Å². The Morgan fingerprint density at radius 3 is 2.33 bits per heavy atom. The molecule has 1 rings (SSSR count). The summed E-state index contributed by atoms with van der Waals surface area (Å²) in [5.41, 5.74) is 6.11. The lowest BCUT2D eigenvalue weighted by Crippen LogP contribution is -2.29. The van der Waals surface area contributed by atoms with Crippen molar-refractivity contribution < 1.29 is 14.7 Å². The van der Waals surface area contributed by atoms with E-state index in [2.05, 4.69) is 0 Å². The van der Waals surface area contributed by atoms with Crippen LogP contribution in [-0.2, 0) is 9.59 Å². The molecule has 1 aromatic rings. The Balaban J connectivity index is 2.57. The maximum atomic E-state index is 10.8. The minimum Gasteiger partial charge on any atom is -0.481 e. The summed E-state index contributed by atoms with van der Waals surface area (Å²) in [6, 6.07) is 9.59. The number of carboxylic acids is 1. The molecule has 98 valence electrons. The van der Waals surface area contributed by atoms with Gasteiger partial charge in [0.05, 0.1) is 0 Å². The van der Waals surface area contributed by atoms with Crippen molar-refractivity contribution in [2.24, 2.45) is 5.73 Å². The largest absolute Gasteiger partial charge is 0.481 e. The van der Waals surface area contributed by atoms with E-state index in [1.807, 2.05) is 35.2 Å². The van der Waals surface area contributed by atoms with Gasteiger partial charge in [0, 0.05) is 31.6 Å². The molecule has 0 saturated heterocycles. The van der Waals surface area contributed by atoms with Crippen molar-refractivity contribution in [3.63, 3.8) is 0 Å². The number of hydrogen-bond donors (Lipinski definition) is 2. The van der Waals surface area contributed by atoms with Gasteiger partial charge in [-0.05, 0) is 18.6 Å². The lowest BCUT2D eigenvalue weighted by molar-refractivity contribution is -0.137. The summed E-state index contributed by atoms with van der Waals surface area (Å²) in [6.07, 6.45) is 0.935. The third-order valence-electron chi connectivity index (χ3n) is 2.57. The van der Waals surface area contributed by atoms with Gasteiger partial charge in [0.25, 0.3) is 0 Å². The predicted octanol–water partition coefficient (Wildman–Crippen LogP) is 1.23. The van der Waals surface area contributed by atoms with Crippen LogP contribution >= 0.6 is 0 Å². The van der Waals surface area contributed by atoms with Crippen LogP contribution in [0.5, 0.6) is 0 Å². The van der Waals surface area contributed by atoms with E-state index in [0.717, 1.165) is 5.69 Å². The zero-order valence-corrected chi connectivity index (χ0v) is 10.2. The smallest absolute Gasteiger partial charge is 0.303 e. The number of carbonyl (C=O) groups is 2. The molecule has 0 aromatic heterocycles. The number of primary amides is 1. The van der Waals surface area contributed by atoms with E-state index in [9.17, 15) is 9.59 Å². The molecule has 0 fully saturated rings. The third-order valence-corrected chi connectivity index (χ3v) is 2.57. The molecule has 0 aliphatic heterocycles. The van der Waals surface area contributed by atoms with Gasteiger partial charge in [-0.1, -0.05) is 18.2 Å². The van der Waals surface area contributed by atoms with Gasteiger partial charge in [-0.2, -0.15) is 0 Å². The molecule has 1 aromatic carbocycles. The van der Waals surface area contributed by atoms with E-state index >= 15 is 0 Å². The SMILES string of the molecule is NC(=O)CCN(CCCC(=O)O)c1ccccc1. The zero-order valence-electron chi connectivity index (χ0n) is 10.2. The third kappa shape index (κ3) is 5.34. The number of amides is 1. The number of nitrogens with zero attached hydrogens (tertiary/aromatic N) is 1. The Labute approximate surface area is 106 Å². The lowest BCUT2D eigenvalue weighted by Gasteiger charge is -2.24. The Bertz CT molecular complexity index is 392. The first-order valence-electron chi connectivity index (χ1n) is 5.89. The Morgan fingerprint density at radius 2 is 1.78 bits per heavy atom. The molecule has 3 N–H and O–H groups in total. The average Bonchev–Trinajstić information content (AvgIpc) is 2.34. The van der Waals surface area contributed by atoms with Crippen LogP contribution < -0.4 is 10.6 Å². The molecule has 0 aliphatic rings. The number of para-hydroxylation sites is 1. The summed E-state index contributed by atoms with van der Waals surface area (Å²) in [4.78, 5) is 23.3. The number of rotatable bonds is 8. The summed E-state index contributed by atoms with van der Waals surface area (Å²) in [6.45, 7) is 1.11. The van der Waals surface area contributed by atoms with Crippen molar-refractivity contribution in [1.29, 1.82) is 0 Å². The second-order valence-electron chi connectivity index (χ2n) is 4.04. The maximum Gasteiger partial charge on any atom is 0.303 e. The van der Waals surface area contributed by atoms with E-state index in [1.165, 1.54) is 0 Å².